The van der Waals surface area contributed by atoms with Gasteiger partial charge in [-0.15, -0.1) is 0 Å². The number of methoxy groups -OCH3 is 2. The minimum absolute atomic E-state index is 0.0104. The van der Waals surface area contributed by atoms with Gasteiger partial charge in [-0.3, -0.25) is 4.79 Å². The molecule has 7 nitrogen and oxygen atoms in total. The van der Waals surface area contributed by atoms with Gasteiger partial charge in [0.2, 0.25) is 5.91 Å². The van der Waals surface area contributed by atoms with Crippen molar-refractivity contribution in [3.05, 3.63) is 77.4 Å². The second kappa shape index (κ2) is 10.5. The first-order valence-corrected chi connectivity index (χ1v) is 12.5. The highest BCUT2D eigenvalue weighted by atomic mass is 19.4. The molecule has 2 aliphatic heterocycles. The van der Waals surface area contributed by atoms with Crippen LogP contribution in [-0.4, -0.2) is 61.4 Å². The van der Waals surface area contributed by atoms with Gasteiger partial charge in [-0.05, 0) is 61.0 Å². The van der Waals surface area contributed by atoms with Crippen LogP contribution >= 0.6 is 0 Å². The Labute approximate surface area is 224 Å². The molecule has 5 rings (SSSR count). The smallest absolute Gasteiger partial charge is 0.416 e. The van der Waals surface area contributed by atoms with E-state index >= 15 is 0 Å². The first-order chi connectivity index (χ1) is 18.7. The topological polar surface area (TPSA) is 63.6 Å². The highest BCUT2D eigenvalue weighted by molar-refractivity contribution is 6.04. The zero-order valence-electron chi connectivity index (χ0n) is 21.8. The van der Waals surface area contributed by atoms with Gasteiger partial charge in [0, 0.05) is 25.7 Å². The van der Waals surface area contributed by atoms with Crippen LogP contribution in [0.2, 0.25) is 0 Å². The van der Waals surface area contributed by atoms with E-state index in [0.29, 0.717) is 48.3 Å². The van der Waals surface area contributed by atoms with Crippen LogP contribution in [0.1, 0.15) is 23.6 Å². The number of carbonyl (C=O) groups is 1. The number of rotatable bonds is 4. The minimum atomic E-state index is -4.52. The second-order valence-electron chi connectivity index (χ2n) is 9.49. The third-order valence-corrected chi connectivity index (χ3v) is 6.90. The van der Waals surface area contributed by atoms with Gasteiger partial charge in [0.15, 0.2) is 5.75 Å². The fourth-order valence-corrected chi connectivity index (χ4v) is 4.88. The van der Waals surface area contributed by atoms with E-state index in [4.69, 9.17) is 14.2 Å². The number of nitrogens with zero attached hydrogens (tertiary/aromatic N) is 3. The Morgan fingerprint density at radius 3 is 2.46 bits per heavy atom. The Hall–Kier alpha value is -4.21. The Morgan fingerprint density at radius 2 is 1.74 bits per heavy atom. The summed E-state index contributed by atoms with van der Waals surface area (Å²) < 4.78 is 57.1. The predicted octanol–water partition coefficient (Wildman–Crippen LogP) is 5.68. The van der Waals surface area contributed by atoms with Crippen molar-refractivity contribution in [2.45, 2.75) is 25.6 Å². The molecule has 3 aromatic carbocycles. The molecule has 0 N–H and O–H groups in total. The average molecular weight is 540 g/mol. The fraction of sp³-hybridized carbons (Fsp3) is 0.310. The molecule has 0 spiro atoms. The van der Waals surface area contributed by atoms with Crippen molar-refractivity contribution >= 4 is 17.4 Å². The molecule has 204 valence electrons. The van der Waals surface area contributed by atoms with Gasteiger partial charge in [-0.1, -0.05) is 12.1 Å². The van der Waals surface area contributed by atoms with Gasteiger partial charge in [0.05, 0.1) is 31.8 Å². The number of fused-ring (bicyclic) bond motifs is 2. The number of benzene rings is 3. The predicted molar refractivity (Wildman–Crippen MR) is 140 cm³/mol. The number of alkyl halides is 3. The molecule has 10 heteroatoms. The molecule has 1 atom stereocenters. The summed E-state index contributed by atoms with van der Waals surface area (Å²) in [6, 6.07) is 15.7. The number of piperazine rings is 1. The largest absolute Gasteiger partial charge is 0.497 e. The van der Waals surface area contributed by atoms with Crippen LogP contribution in [0, 0.1) is 0 Å². The molecule has 1 saturated heterocycles. The maximum Gasteiger partial charge on any atom is 0.416 e. The number of aliphatic imine (C=N–C) groups is 1. The third-order valence-electron chi connectivity index (χ3n) is 6.90. The highest BCUT2D eigenvalue weighted by Gasteiger charge is 2.34. The summed E-state index contributed by atoms with van der Waals surface area (Å²) in [5, 5.41) is 0. The molecule has 1 fully saturated rings. The van der Waals surface area contributed by atoms with E-state index in [1.54, 1.807) is 25.3 Å². The van der Waals surface area contributed by atoms with Crippen LogP contribution < -0.4 is 14.2 Å². The van der Waals surface area contributed by atoms with E-state index < -0.39 is 11.7 Å². The van der Waals surface area contributed by atoms with E-state index in [-0.39, 0.29) is 29.8 Å². The molecule has 0 aliphatic carbocycles. The van der Waals surface area contributed by atoms with Crippen LogP contribution in [0.4, 0.5) is 18.9 Å². The van der Waals surface area contributed by atoms with Crippen LogP contribution in [0.5, 0.6) is 23.0 Å². The van der Waals surface area contributed by atoms with E-state index in [1.165, 1.54) is 13.2 Å². The maximum atomic E-state index is 13.5. The molecule has 0 aromatic heterocycles. The lowest BCUT2D eigenvalue weighted by molar-refractivity contribution is -0.137. The van der Waals surface area contributed by atoms with Gasteiger partial charge >= 0.3 is 6.18 Å². The number of amides is 1. The molecule has 1 amide bonds. The Bertz CT molecular complexity index is 1420. The van der Waals surface area contributed by atoms with Gasteiger partial charge < -0.3 is 24.0 Å². The Morgan fingerprint density at radius 1 is 1.00 bits per heavy atom. The van der Waals surface area contributed by atoms with Gasteiger partial charge in [0.1, 0.15) is 28.8 Å². The summed E-state index contributed by atoms with van der Waals surface area (Å²) in [4.78, 5) is 21.7. The molecular formula is C29H28F3N3O4. The third kappa shape index (κ3) is 5.50. The fourth-order valence-electron chi connectivity index (χ4n) is 4.88. The molecular weight excluding hydrogens is 511 g/mol. The number of amidine groups is 1. The number of halogens is 3. The summed E-state index contributed by atoms with van der Waals surface area (Å²) >= 11 is 0. The van der Waals surface area contributed by atoms with Crippen molar-refractivity contribution in [1.82, 2.24) is 9.80 Å². The number of ether oxygens (including phenoxy) is 3. The van der Waals surface area contributed by atoms with Gasteiger partial charge in [-0.2, -0.15) is 13.2 Å². The molecule has 3 aromatic rings. The summed E-state index contributed by atoms with van der Waals surface area (Å²) in [6.07, 6.45) is -4.28. The molecule has 0 radical (unpaired) electrons. The second-order valence-corrected chi connectivity index (χ2v) is 9.49. The molecule has 2 aliphatic rings. The average Bonchev–Trinajstić information content (AvgIpc) is 3.08. The van der Waals surface area contributed by atoms with Crippen molar-refractivity contribution in [3.8, 4) is 23.0 Å². The lowest BCUT2D eigenvalue weighted by Crippen LogP contribution is -2.55. The summed E-state index contributed by atoms with van der Waals surface area (Å²) in [5.74, 6) is 2.39. The standard InChI is InChI=1S/C29H28F3N3O4/c1-18-17-34(11-12-35(18)27(36)14-19-5-4-6-21(13-19)37-2)28-23-16-22(38-3)8-10-25(23)39-26-9-7-20(29(30,31)32)15-24(26)33-28/h4-10,13,15-16,18H,11-12,14,17H2,1-3H3/t18-/m0/s1. The monoisotopic (exact) mass is 539 g/mol. The first-order valence-electron chi connectivity index (χ1n) is 12.5. The van der Waals surface area contributed by atoms with E-state index in [9.17, 15) is 18.0 Å². The minimum Gasteiger partial charge on any atom is -0.497 e. The summed E-state index contributed by atoms with van der Waals surface area (Å²) in [5.41, 5.74) is 0.733. The van der Waals surface area contributed by atoms with Crippen LogP contribution in [0.3, 0.4) is 0 Å². The van der Waals surface area contributed by atoms with Crippen LogP contribution in [0.15, 0.2) is 65.7 Å². The molecule has 0 bridgehead atoms. The number of hydrogen-bond acceptors (Lipinski definition) is 6. The Kier molecular flexibility index (Phi) is 7.12. The lowest BCUT2D eigenvalue weighted by Gasteiger charge is -2.41. The van der Waals surface area contributed by atoms with Crippen molar-refractivity contribution in [1.29, 1.82) is 0 Å². The van der Waals surface area contributed by atoms with Crippen LogP contribution in [-0.2, 0) is 17.4 Å². The molecule has 2 heterocycles. The maximum absolute atomic E-state index is 13.5. The van der Waals surface area contributed by atoms with E-state index in [1.807, 2.05) is 41.0 Å². The molecule has 39 heavy (non-hydrogen) atoms. The van der Waals surface area contributed by atoms with Crippen molar-refractivity contribution < 1.29 is 32.2 Å². The zero-order valence-corrected chi connectivity index (χ0v) is 21.8. The Balaban J connectivity index is 1.44. The molecule has 0 saturated carbocycles. The highest BCUT2D eigenvalue weighted by Crippen LogP contribution is 2.42. The van der Waals surface area contributed by atoms with Crippen molar-refractivity contribution in [2.24, 2.45) is 4.99 Å². The zero-order chi connectivity index (χ0) is 27.7. The van der Waals surface area contributed by atoms with Gasteiger partial charge in [0.25, 0.3) is 0 Å². The number of hydrogen-bond donors (Lipinski definition) is 0. The first kappa shape index (κ1) is 26.4. The van der Waals surface area contributed by atoms with Gasteiger partial charge in [-0.25, -0.2) is 4.99 Å². The van der Waals surface area contributed by atoms with Crippen LogP contribution in [0.25, 0.3) is 0 Å². The number of carbonyl (C=O) groups excluding carboxylic acids is 1. The summed E-state index contributed by atoms with van der Waals surface area (Å²) in [6.45, 7) is 3.26. The normalized spacial score (nSPS) is 16.9. The van der Waals surface area contributed by atoms with Crippen molar-refractivity contribution in [2.75, 3.05) is 33.9 Å². The quantitative estimate of drug-likeness (QED) is 0.427. The lowest BCUT2D eigenvalue weighted by atomic mass is 10.1. The van der Waals surface area contributed by atoms with E-state index in [2.05, 4.69) is 4.99 Å². The SMILES string of the molecule is COc1cccc(CC(=O)N2CCN(C3=Nc4cc(C(F)(F)F)ccc4Oc4ccc(OC)cc43)C[C@@H]2C)c1. The summed E-state index contributed by atoms with van der Waals surface area (Å²) in [7, 11) is 3.12. The molecule has 0 unspecified atom stereocenters. The van der Waals surface area contributed by atoms with E-state index in [0.717, 1.165) is 17.7 Å². The van der Waals surface area contributed by atoms with Crippen molar-refractivity contribution in [3.63, 3.8) is 0 Å².